The van der Waals surface area contributed by atoms with Crippen LogP contribution in [0.3, 0.4) is 0 Å². The Labute approximate surface area is 136 Å². The number of carbonyl (C=O) groups excluding carboxylic acids is 1. The fourth-order valence-electron chi connectivity index (χ4n) is 2.73. The first kappa shape index (κ1) is 20.3. The molecule has 136 valence electrons. The van der Waals surface area contributed by atoms with Crippen LogP contribution in [0.1, 0.15) is 72.6 Å². The molecule has 3 nitrogen and oxygen atoms in total. The van der Waals surface area contributed by atoms with Gasteiger partial charge in [-0.25, -0.2) is 0 Å². The summed E-state index contributed by atoms with van der Waals surface area (Å²) in [7, 11) is 0. The van der Waals surface area contributed by atoms with Crippen molar-refractivity contribution >= 4 is 5.97 Å². The highest BCUT2D eigenvalue weighted by molar-refractivity contribution is 5.76. The molecule has 1 N–H and O–H groups in total. The first-order chi connectivity index (χ1) is 10.4. The SMILES string of the molecule is CCC(C)(C)C(=O)OC(CC1CCCCC1)C(C)(O)C(F)(F)F. The van der Waals surface area contributed by atoms with Crippen molar-refractivity contribution in [3.63, 3.8) is 0 Å². The molecule has 0 amide bonds. The number of hydrogen-bond donors (Lipinski definition) is 1. The molecule has 0 aromatic heterocycles. The van der Waals surface area contributed by atoms with Gasteiger partial charge in [-0.1, -0.05) is 39.0 Å². The number of esters is 1. The Balaban J connectivity index is 2.94. The van der Waals surface area contributed by atoms with E-state index in [-0.39, 0.29) is 12.3 Å². The van der Waals surface area contributed by atoms with Gasteiger partial charge in [-0.2, -0.15) is 13.2 Å². The summed E-state index contributed by atoms with van der Waals surface area (Å²) in [6.07, 6.45) is -1.24. The van der Waals surface area contributed by atoms with Gasteiger partial charge in [0.05, 0.1) is 5.41 Å². The molecule has 0 bridgehead atoms. The molecule has 1 saturated carbocycles. The van der Waals surface area contributed by atoms with Crippen LogP contribution in [0.5, 0.6) is 0 Å². The molecule has 0 radical (unpaired) electrons. The van der Waals surface area contributed by atoms with Crippen LogP contribution in [0.4, 0.5) is 13.2 Å². The van der Waals surface area contributed by atoms with Gasteiger partial charge in [-0.15, -0.1) is 0 Å². The van der Waals surface area contributed by atoms with E-state index < -0.39 is 29.3 Å². The molecule has 23 heavy (non-hydrogen) atoms. The number of halogens is 3. The van der Waals surface area contributed by atoms with Gasteiger partial charge in [0.25, 0.3) is 0 Å². The third-order valence-corrected chi connectivity index (χ3v) is 5.16. The fraction of sp³-hybridized carbons (Fsp3) is 0.941. The Morgan fingerprint density at radius 1 is 1.17 bits per heavy atom. The summed E-state index contributed by atoms with van der Waals surface area (Å²) < 4.78 is 44.9. The van der Waals surface area contributed by atoms with E-state index in [0.717, 1.165) is 32.1 Å². The molecule has 6 heteroatoms. The molecule has 1 aliphatic carbocycles. The van der Waals surface area contributed by atoms with E-state index in [9.17, 15) is 23.1 Å². The number of rotatable bonds is 6. The smallest absolute Gasteiger partial charge is 0.420 e. The van der Waals surface area contributed by atoms with Crippen LogP contribution < -0.4 is 0 Å². The van der Waals surface area contributed by atoms with Gasteiger partial charge in [-0.3, -0.25) is 4.79 Å². The lowest BCUT2D eigenvalue weighted by Gasteiger charge is -2.38. The number of aliphatic hydroxyl groups is 1. The van der Waals surface area contributed by atoms with E-state index in [4.69, 9.17) is 4.74 Å². The lowest BCUT2D eigenvalue weighted by Crippen LogP contribution is -2.55. The number of ether oxygens (including phenoxy) is 1. The maximum absolute atomic E-state index is 13.2. The van der Waals surface area contributed by atoms with Crippen LogP contribution in [0.25, 0.3) is 0 Å². The maximum atomic E-state index is 13.2. The zero-order chi connectivity index (χ0) is 17.9. The Kier molecular flexibility index (Phi) is 6.53. The highest BCUT2D eigenvalue weighted by Crippen LogP contribution is 2.40. The van der Waals surface area contributed by atoms with Crippen molar-refractivity contribution in [3.05, 3.63) is 0 Å². The van der Waals surface area contributed by atoms with Crippen LogP contribution in [0, 0.1) is 11.3 Å². The second kappa shape index (κ2) is 7.41. The highest BCUT2D eigenvalue weighted by atomic mass is 19.4. The maximum Gasteiger partial charge on any atom is 0.420 e. The lowest BCUT2D eigenvalue weighted by atomic mass is 9.81. The van der Waals surface area contributed by atoms with Crippen molar-refractivity contribution in [3.8, 4) is 0 Å². The van der Waals surface area contributed by atoms with Gasteiger partial charge < -0.3 is 9.84 Å². The molecule has 2 atom stereocenters. The first-order valence-corrected chi connectivity index (χ1v) is 8.42. The van der Waals surface area contributed by atoms with E-state index in [1.54, 1.807) is 20.8 Å². The Bertz CT molecular complexity index is 396. The van der Waals surface area contributed by atoms with Crippen LogP contribution in [-0.2, 0) is 9.53 Å². The Morgan fingerprint density at radius 3 is 2.13 bits per heavy atom. The Hall–Kier alpha value is -0.780. The summed E-state index contributed by atoms with van der Waals surface area (Å²) in [6, 6.07) is 0. The van der Waals surface area contributed by atoms with Crippen LogP contribution in [0.2, 0.25) is 0 Å². The highest BCUT2D eigenvalue weighted by Gasteiger charge is 2.57. The van der Waals surface area contributed by atoms with Crippen molar-refractivity contribution in [1.29, 1.82) is 0 Å². The van der Waals surface area contributed by atoms with Gasteiger partial charge >= 0.3 is 12.1 Å². The molecule has 0 aliphatic heterocycles. The van der Waals surface area contributed by atoms with Crippen molar-refractivity contribution in [2.24, 2.45) is 11.3 Å². The van der Waals surface area contributed by atoms with Gasteiger partial charge in [0.15, 0.2) is 5.60 Å². The molecule has 2 unspecified atom stereocenters. The Morgan fingerprint density at radius 2 is 1.70 bits per heavy atom. The zero-order valence-electron chi connectivity index (χ0n) is 14.5. The first-order valence-electron chi connectivity index (χ1n) is 8.42. The molecule has 0 aromatic rings. The average Bonchev–Trinajstić information content (AvgIpc) is 2.46. The van der Waals surface area contributed by atoms with E-state index in [1.807, 2.05) is 0 Å². The molecular weight excluding hydrogens is 309 g/mol. The van der Waals surface area contributed by atoms with Crippen LogP contribution in [0.15, 0.2) is 0 Å². The molecule has 1 fully saturated rings. The minimum Gasteiger partial charge on any atom is -0.459 e. The summed E-state index contributed by atoms with van der Waals surface area (Å²) in [5.41, 5.74) is -3.91. The second-order valence-electron chi connectivity index (χ2n) is 7.52. The summed E-state index contributed by atoms with van der Waals surface area (Å²) in [5, 5.41) is 10.0. The van der Waals surface area contributed by atoms with E-state index in [1.165, 1.54) is 0 Å². The van der Waals surface area contributed by atoms with E-state index in [2.05, 4.69) is 0 Å². The predicted molar refractivity (Wildman–Crippen MR) is 81.8 cm³/mol. The fourth-order valence-corrected chi connectivity index (χ4v) is 2.73. The third-order valence-electron chi connectivity index (χ3n) is 5.16. The third kappa shape index (κ3) is 5.10. The standard InChI is InChI=1S/C17H29F3O3/c1-5-15(2,3)14(21)23-13(16(4,22)17(18,19)20)11-12-9-7-6-8-10-12/h12-13,22H,5-11H2,1-4H3. The number of hydrogen-bond acceptors (Lipinski definition) is 3. The normalized spacial score (nSPS) is 21.6. The van der Waals surface area contributed by atoms with E-state index in [0.29, 0.717) is 13.3 Å². The van der Waals surface area contributed by atoms with Crippen molar-refractivity contribution in [2.75, 3.05) is 0 Å². The van der Waals surface area contributed by atoms with Crippen LogP contribution in [-0.4, -0.2) is 29.0 Å². The zero-order valence-corrected chi connectivity index (χ0v) is 14.5. The largest absolute Gasteiger partial charge is 0.459 e. The minimum atomic E-state index is -4.84. The van der Waals surface area contributed by atoms with Gasteiger partial charge in [0.1, 0.15) is 6.10 Å². The molecule has 0 spiro atoms. The number of alkyl halides is 3. The van der Waals surface area contributed by atoms with Crippen LogP contribution >= 0.6 is 0 Å². The monoisotopic (exact) mass is 338 g/mol. The minimum absolute atomic E-state index is 0.0536. The summed E-state index contributed by atoms with van der Waals surface area (Å²) in [6.45, 7) is 5.75. The predicted octanol–water partition coefficient (Wildman–Crippen LogP) is 4.62. The van der Waals surface area contributed by atoms with Crippen molar-refractivity contribution < 1.29 is 27.8 Å². The molecule has 0 heterocycles. The molecule has 0 aromatic carbocycles. The van der Waals surface area contributed by atoms with Crippen molar-refractivity contribution in [2.45, 2.75) is 90.5 Å². The molecule has 1 rings (SSSR count). The van der Waals surface area contributed by atoms with Crippen molar-refractivity contribution in [1.82, 2.24) is 0 Å². The van der Waals surface area contributed by atoms with Gasteiger partial charge in [0.2, 0.25) is 0 Å². The second-order valence-corrected chi connectivity index (χ2v) is 7.52. The van der Waals surface area contributed by atoms with E-state index >= 15 is 0 Å². The summed E-state index contributed by atoms with van der Waals surface area (Å²) in [5.74, 6) is -0.634. The molecule has 1 aliphatic rings. The number of carbonyl (C=O) groups is 1. The topological polar surface area (TPSA) is 46.5 Å². The molecular formula is C17H29F3O3. The summed E-state index contributed by atoms with van der Waals surface area (Å²) in [4.78, 5) is 12.2. The molecule has 0 saturated heterocycles. The summed E-state index contributed by atoms with van der Waals surface area (Å²) >= 11 is 0. The average molecular weight is 338 g/mol. The van der Waals surface area contributed by atoms with Gasteiger partial charge in [0, 0.05) is 0 Å². The lowest BCUT2D eigenvalue weighted by molar-refractivity contribution is -0.288. The van der Waals surface area contributed by atoms with Gasteiger partial charge in [-0.05, 0) is 39.5 Å². The quantitative estimate of drug-likeness (QED) is 0.719.